The lowest BCUT2D eigenvalue weighted by Crippen LogP contribution is -2.62. The molecule has 0 aliphatic heterocycles. The maximum atomic E-state index is 12.2. The molecule has 1 amide bonds. The number of nitrogens with zero attached hydrogens (tertiary/aromatic N) is 1. The van der Waals surface area contributed by atoms with Crippen LogP contribution in [-0.2, 0) is 19.7 Å². The number of nitrogens with one attached hydrogen (secondary N) is 2. The number of aliphatic hydroxyl groups excluding tert-OH is 3. The van der Waals surface area contributed by atoms with Crippen LogP contribution in [0.4, 0.5) is 0 Å². The third-order valence-electron chi connectivity index (χ3n) is 11.8. The molecule has 0 spiro atoms. The number of rotatable bonds is 9. The Morgan fingerprint density at radius 3 is 2.32 bits per heavy atom. The van der Waals surface area contributed by atoms with Gasteiger partial charge in [0.25, 0.3) is 10.1 Å². The Hall–Kier alpha value is -2.00. The second-order valence-electron chi connectivity index (χ2n) is 14.3. The third kappa shape index (κ3) is 8.04. The number of carbonyl (C=O) groups excluding carboxylic acids is 1. The summed E-state index contributed by atoms with van der Waals surface area (Å²) in [5.74, 6) is -0.526. The minimum Gasteiger partial charge on any atom is -0.480 e. The Balaban J connectivity index is 0.000000512. The van der Waals surface area contributed by atoms with Crippen molar-refractivity contribution in [2.45, 2.75) is 96.9 Å². The molecule has 254 valence electrons. The number of carbonyl (C=O) groups is 2. The zero-order chi connectivity index (χ0) is 33.2. The van der Waals surface area contributed by atoms with Gasteiger partial charge in [0.1, 0.15) is 6.54 Å². The first-order chi connectivity index (χ1) is 20.3. The van der Waals surface area contributed by atoms with E-state index in [1.54, 1.807) is 0 Å². The number of fused-ring (bicyclic) bond motifs is 5. The highest BCUT2D eigenvalue weighted by atomic mass is 32.2. The first-order valence-corrected chi connectivity index (χ1v) is 17.4. The van der Waals surface area contributed by atoms with E-state index in [1.807, 2.05) is 0 Å². The molecule has 14 heteroatoms. The molecule has 0 aromatic carbocycles. The number of nitrogens with two attached hydrogens (primary N) is 1. The van der Waals surface area contributed by atoms with E-state index in [2.05, 4.69) is 26.1 Å². The van der Waals surface area contributed by atoms with Crippen molar-refractivity contribution in [1.82, 2.24) is 10.2 Å². The number of carboxylic acid groups (broad SMARTS) is 1. The average Bonchev–Trinajstić information content (AvgIpc) is 3.26. The van der Waals surface area contributed by atoms with Gasteiger partial charge in [-0.1, -0.05) is 20.8 Å². The monoisotopic (exact) mass is 646 g/mol. The summed E-state index contributed by atoms with van der Waals surface area (Å²) in [5.41, 5.74) is 4.68. The summed E-state index contributed by atoms with van der Waals surface area (Å²) < 4.78 is 30.5. The van der Waals surface area contributed by atoms with Crippen molar-refractivity contribution in [3.05, 3.63) is 0 Å². The molecule has 4 aliphatic carbocycles. The van der Waals surface area contributed by atoms with Gasteiger partial charge in [0.15, 0.2) is 5.96 Å². The summed E-state index contributed by atoms with van der Waals surface area (Å²) in [6, 6.07) is 0. The lowest BCUT2D eigenvalue weighted by molar-refractivity contribution is -0.207. The zero-order valence-electron chi connectivity index (χ0n) is 26.5. The van der Waals surface area contributed by atoms with Crippen molar-refractivity contribution in [2.24, 2.45) is 52.1 Å². The largest absolute Gasteiger partial charge is 0.480 e. The van der Waals surface area contributed by atoms with E-state index in [1.165, 1.54) is 7.05 Å². The molecule has 9 N–H and O–H groups in total. The standard InChI is InChI=1S/C26H45NO7S.C4H9N3O2/c1-15(4-7-23(31)27-10-11-35(32,33)34)18-5-6-19-24-20(14-22(30)26(18,19)3)25(2)9-8-17(28)12-16(25)13-21(24)29;1-7(4(5)6)2-3(8)9/h15-22,24,28-30H,4-14H2,1-3H3,(H,27,31)(H,32,33,34);2H2,1H3,(H3,5,6)(H,8,9)/t15?,16-,17+,18+,19-,20-,21+,22-,24-,25-,26+;/m0./s1. The van der Waals surface area contributed by atoms with Crippen LogP contribution in [0.1, 0.15) is 78.6 Å². The molecule has 4 saturated carbocycles. The fraction of sp³-hybridized carbons (Fsp3) is 0.900. The fourth-order valence-corrected chi connectivity index (χ4v) is 9.75. The van der Waals surface area contributed by atoms with Crippen LogP contribution in [0.25, 0.3) is 0 Å². The van der Waals surface area contributed by atoms with Gasteiger partial charge < -0.3 is 36.4 Å². The van der Waals surface area contributed by atoms with E-state index in [4.69, 9.17) is 20.8 Å². The summed E-state index contributed by atoms with van der Waals surface area (Å²) in [5, 5.41) is 50.7. The van der Waals surface area contributed by atoms with E-state index < -0.39 is 34.0 Å². The quantitative estimate of drug-likeness (QED) is 0.101. The number of aliphatic carboxylic acids is 1. The molecule has 4 fully saturated rings. The van der Waals surface area contributed by atoms with Crippen molar-refractivity contribution in [1.29, 1.82) is 5.41 Å². The fourth-order valence-electron chi connectivity index (χ4n) is 9.39. The van der Waals surface area contributed by atoms with E-state index >= 15 is 0 Å². The number of hydrogen-bond donors (Lipinski definition) is 8. The molecule has 13 nitrogen and oxygen atoms in total. The highest BCUT2D eigenvalue weighted by Gasteiger charge is 2.65. The second-order valence-corrected chi connectivity index (χ2v) is 15.9. The number of carboxylic acids is 1. The molecule has 44 heavy (non-hydrogen) atoms. The Morgan fingerprint density at radius 1 is 1.09 bits per heavy atom. The van der Waals surface area contributed by atoms with Crippen LogP contribution in [-0.4, -0.2) is 100 Å². The summed E-state index contributed by atoms with van der Waals surface area (Å²) in [4.78, 5) is 23.3. The predicted molar refractivity (Wildman–Crippen MR) is 164 cm³/mol. The molecule has 1 unspecified atom stereocenters. The molecule has 0 radical (unpaired) electrons. The summed E-state index contributed by atoms with van der Waals surface area (Å²) in [6.45, 7) is 6.34. The zero-order valence-corrected chi connectivity index (χ0v) is 27.3. The molecule has 0 saturated heterocycles. The van der Waals surface area contributed by atoms with Gasteiger partial charge in [0, 0.05) is 20.0 Å². The molecule has 0 aromatic heterocycles. The van der Waals surface area contributed by atoms with Gasteiger partial charge in [0.2, 0.25) is 5.91 Å². The maximum absolute atomic E-state index is 12.2. The van der Waals surface area contributed by atoms with Crippen LogP contribution in [0, 0.1) is 51.7 Å². The molecule has 0 bridgehead atoms. The Morgan fingerprint density at radius 2 is 1.75 bits per heavy atom. The molecule has 0 heterocycles. The molecule has 4 rings (SSSR count). The van der Waals surface area contributed by atoms with Crippen LogP contribution >= 0.6 is 0 Å². The maximum Gasteiger partial charge on any atom is 0.323 e. The van der Waals surface area contributed by atoms with Gasteiger partial charge in [-0.25, -0.2) is 0 Å². The summed E-state index contributed by atoms with van der Waals surface area (Å²) >= 11 is 0. The smallest absolute Gasteiger partial charge is 0.323 e. The number of likely N-dealkylation sites (N-methyl/N-ethyl adjacent to an activating group) is 1. The lowest BCUT2D eigenvalue weighted by Gasteiger charge is -2.63. The van der Waals surface area contributed by atoms with Gasteiger partial charge in [0.05, 0.1) is 24.1 Å². The molecule has 11 atom stereocenters. The van der Waals surface area contributed by atoms with Crippen molar-refractivity contribution in [3.8, 4) is 0 Å². The first kappa shape index (κ1) is 36.5. The van der Waals surface area contributed by atoms with E-state index in [9.17, 15) is 33.3 Å². The topological polar surface area (TPSA) is 235 Å². The Labute approximate surface area is 261 Å². The molecule has 0 aromatic rings. The van der Waals surface area contributed by atoms with Crippen molar-refractivity contribution < 1.29 is 43.0 Å². The average molecular weight is 647 g/mol. The van der Waals surface area contributed by atoms with Crippen molar-refractivity contribution in [2.75, 3.05) is 25.9 Å². The lowest BCUT2D eigenvalue weighted by atomic mass is 9.43. The minimum absolute atomic E-state index is 0.0509. The van der Waals surface area contributed by atoms with Crippen LogP contribution in [0.3, 0.4) is 0 Å². The van der Waals surface area contributed by atoms with E-state index in [-0.39, 0.29) is 77.9 Å². The molecule has 4 aliphatic rings. The Bertz CT molecular complexity index is 1160. The highest BCUT2D eigenvalue weighted by Crippen LogP contribution is 2.68. The van der Waals surface area contributed by atoms with Gasteiger partial charge in [-0.3, -0.25) is 19.6 Å². The van der Waals surface area contributed by atoms with E-state index in [0.717, 1.165) is 43.4 Å². The number of guanidine groups is 1. The number of hydrogen-bond acceptors (Lipinski definition) is 8. The predicted octanol–water partition coefficient (Wildman–Crippen LogP) is 1.26. The van der Waals surface area contributed by atoms with Crippen LogP contribution in [0.15, 0.2) is 0 Å². The van der Waals surface area contributed by atoms with Crippen LogP contribution in [0.2, 0.25) is 0 Å². The number of aliphatic hydroxyl groups is 3. The summed E-state index contributed by atoms with van der Waals surface area (Å²) in [6.07, 6.45) is 5.67. The minimum atomic E-state index is -4.10. The Kier molecular flexibility index (Phi) is 11.8. The third-order valence-corrected chi connectivity index (χ3v) is 12.5. The van der Waals surface area contributed by atoms with Gasteiger partial charge in [-0.2, -0.15) is 8.42 Å². The molecular formula is C30H54N4O9S. The number of amides is 1. The van der Waals surface area contributed by atoms with Crippen LogP contribution < -0.4 is 11.1 Å². The SMILES string of the molecule is CC(CCC(=O)NCCS(=O)(=O)O)[C@H]1CC[C@H]2[C@@H]3[C@H](O)C[C@@H]4C[C@H](O)CC[C@]4(C)[C@H]3C[C@H](O)[C@]12C.CN(CC(=O)O)C(=N)N. The first-order valence-electron chi connectivity index (χ1n) is 15.8. The van der Waals surface area contributed by atoms with Gasteiger partial charge >= 0.3 is 5.97 Å². The summed E-state index contributed by atoms with van der Waals surface area (Å²) in [7, 11) is -2.66. The highest BCUT2D eigenvalue weighted by molar-refractivity contribution is 7.85. The normalized spacial score (nSPS) is 38.5. The van der Waals surface area contributed by atoms with Gasteiger partial charge in [-0.05, 0) is 97.7 Å². The van der Waals surface area contributed by atoms with E-state index in [0.29, 0.717) is 18.8 Å². The van der Waals surface area contributed by atoms with Crippen molar-refractivity contribution in [3.63, 3.8) is 0 Å². The molecular weight excluding hydrogens is 592 g/mol. The van der Waals surface area contributed by atoms with Crippen molar-refractivity contribution >= 4 is 28.0 Å². The van der Waals surface area contributed by atoms with Gasteiger partial charge in [-0.15, -0.1) is 0 Å². The van der Waals surface area contributed by atoms with Crippen LogP contribution in [0.5, 0.6) is 0 Å². The second kappa shape index (κ2) is 14.2.